The number of benzene rings is 1. The molecule has 1 fully saturated rings. The van der Waals surface area contributed by atoms with Crippen molar-refractivity contribution < 1.29 is 4.39 Å². The fourth-order valence-corrected chi connectivity index (χ4v) is 1.96. The predicted octanol–water partition coefficient (Wildman–Crippen LogP) is 2.04. The average molecular weight is 245 g/mol. The van der Waals surface area contributed by atoms with Crippen molar-refractivity contribution in [2.75, 3.05) is 19.6 Å². The van der Waals surface area contributed by atoms with Crippen molar-refractivity contribution in [1.82, 2.24) is 10.2 Å². The molecule has 1 aromatic rings. The zero-order chi connectivity index (χ0) is 10.7. The molecule has 0 aliphatic carbocycles. The van der Waals surface area contributed by atoms with E-state index in [2.05, 4.69) is 17.1 Å². The van der Waals surface area contributed by atoms with Gasteiger partial charge in [0.25, 0.3) is 0 Å². The minimum absolute atomic E-state index is 0. The lowest BCUT2D eigenvalue weighted by molar-refractivity contribution is 0.164. The highest BCUT2D eigenvalue weighted by atomic mass is 35.5. The van der Waals surface area contributed by atoms with Crippen LogP contribution in [0.3, 0.4) is 0 Å². The smallest absolute Gasteiger partial charge is 0.127 e. The first-order chi connectivity index (χ1) is 7.27. The topological polar surface area (TPSA) is 15.3 Å². The minimum Gasteiger partial charge on any atom is -0.314 e. The lowest BCUT2D eigenvalue weighted by atomic mass is 10.1. The Balaban J connectivity index is 0.00000128. The Kier molecular flexibility index (Phi) is 5.19. The Morgan fingerprint density at radius 1 is 1.44 bits per heavy atom. The summed E-state index contributed by atoms with van der Waals surface area (Å²) < 4.78 is 13.4. The molecule has 2 nitrogen and oxygen atoms in total. The highest BCUT2D eigenvalue weighted by Crippen LogP contribution is 2.12. The van der Waals surface area contributed by atoms with Crippen molar-refractivity contribution in [1.29, 1.82) is 0 Å². The predicted molar refractivity (Wildman–Crippen MR) is 66.4 cm³/mol. The van der Waals surface area contributed by atoms with Gasteiger partial charge in [-0.25, -0.2) is 4.39 Å². The van der Waals surface area contributed by atoms with E-state index >= 15 is 0 Å². The average Bonchev–Trinajstić information content (AvgIpc) is 2.24. The second-order valence-corrected chi connectivity index (χ2v) is 4.12. The Morgan fingerprint density at radius 3 is 2.88 bits per heavy atom. The number of rotatable bonds is 2. The van der Waals surface area contributed by atoms with Gasteiger partial charge in [-0.1, -0.05) is 18.2 Å². The summed E-state index contributed by atoms with van der Waals surface area (Å²) in [6, 6.07) is 7.51. The van der Waals surface area contributed by atoms with Crippen molar-refractivity contribution in [2.24, 2.45) is 0 Å². The lowest BCUT2D eigenvalue weighted by Crippen LogP contribution is -2.49. The van der Waals surface area contributed by atoms with Gasteiger partial charge < -0.3 is 5.32 Å². The molecule has 1 N–H and O–H groups in total. The van der Waals surface area contributed by atoms with Crippen LogP contribution >= 0.6 is 12.4 Å². The molecule has 0 bridgehead atoms. The maximum Gasteiger partial charge on any atom is 0.127 e. The number of hydrogen-bond donors (Lipinski definition) is 1. The molecule has 0 aromatic heterocycles. The van der Waals surface area contributed by atoms with Gasteiger partial charge in [-0.05, 0) is 13.0 Å². The molecule has 16 heavy (non-hydrogen) atoms. The second kappa shape index (κ2) is 6.18. The van der Waals surface area contributed by atoms with E-state index in [1.165, 1.54) is 6.07 Å². The van der Waals surface area contributed by atoms with Crippen LogP contribution in [0.2, 0.25) is 0 Å². The van der Waals surface area contributed by atoms with E-state index in [1.54, 1.807) is 6.07 Å². The first-order valence-electron chi connectivity index (χ1n) is 5.45. The lowest BCUT2D eigenvalue weighted by Gasteiger charge is -2.33. The monoisotopic (exact) mass is 244 g/mol. The molecule has 0 spiro atoms. The number of hydrogen-bond acceptors (Lipinski definition) is 2. The summed E-state index contributed by atoms with van der Waals surface area (Å²) in [5.74, 6) is -0.0942. The fourth-order valence-electron chi connectivity index (χ4n) is 1.96. The summed E-state index contributed by atoms with van der Waals surface area (Å²) in [5.41, 5.74) is 0.797. The second-order valence-electron chi connectivity index (χ2n) is 4.12. The van der Waals surface area contributed by atoms with E-state index in [9.17, 15) is 4.39 Å². The van der Waals surface area contributed by atoms with Crippen LogP contribution in [0.5, 0.6) is 0 Å². The van der Waals surface area contributed by atoms with Crippen LogP contribution in [0.4, 0.5) is 4.39 Å². The van der Waals surface area contributed by atoms with Crippen molar-refractivity contribution in [2.45, 2.75) is 19.5 Å². The number of piperazine rings is 1. The molecule has 1 aromatic carbocycles. The van der Waals surface area contributed by atoms with Crippen molar-refractivity contribution in [3.05, 3.63) is 35.6 Å². The summed E-state index contributed by atoms with van der Waals surface area (Å²) in [4.78, 5) is 2.31. The molecule has 1 heterocycles. The summed E-state index contributed by atoms with van der Waals surface area (Å²) in [6.07, 6.45) is 0. The van der Waals surface area contributed by atoms with E-state index in [1.807, 2.05) is 12.1 Å². The van der Waals surface area contributed by atoms with Gasteiger partial charge in [0.2, 0.25) is 0 Å². The molecular weight excluding hydrogens is 227 g/mol. The normalized spacial score (nSPS) is 21.5. The van der Waals surface area contributed by atoms with Gasteiger partial charge in [-0.15, -0.1) is 12.4 Å². The van der Waals surface area contributed by atoms with Crippen LogP contribution in [0, 0.1) is 5.82 Å². The highest BCUT2D eigenvalue weighted by Gasteiger charge is 2.18. The number of nitrogens with one attached hydrogen (secondary N) is 1. The zero-order valence-electron chi connectivity index (χ0n) is 9.45. The van der Waals surface area contributed by atoms with Crippen LogP contribution in [0.25, 0.3) is 0 Å². The quantitative estimate of drug-likeness (QED) is 0.857. The van der Waals surface area contributed by atoms with E-state index in [4.69, 9.17) is 0 Å². The molecule has 1 unspecified atom stereocenters. The van der Waals surface area contributed by atoms with Gasteiger partial charge in [-0.2, -0.15) is 0 Å². The Labute approximate surface area is 102 Å². The summed E-state index contributed by atoms with van der Waals surface area (Å²) in [5, 5.41) is 3.33. The Morgan fingerprint density at radius 2 is 2.19 bits per heavy atom. The molecule has 0 radical (unpaired) electrons. The first kappa shape index (κ1) is 13.4. The zero-order valence-corrected chi connectivity index (χ0v) is 10.3. The third-order valence-electron chi connectivity index (χ3n) is 2.97. The largest absolute Gasteiger partial charge is 0.314 e. The maximum absolute atomic E-state index is 13.4. The van der Waals surface area contributed by atoms with Gasteiger partial charge in [0, 0.05) is 37.8 Å². The molecule has 1 aliphatic heterocycles. The van der Waals surface area contributed by atoms with E-state index in [-0.39, 0.29) is 18.2 Å². The van der Waals surface area contributed by atoms with Crippen LogP contribution in [-0.2, 0) is 6.54 Å². The SMILES string of the molecule is CC1CNCCN1Cc1ccccc1F.Cl. The molecule has 90 valence electrons. The van der Waals surface area contributed by atoms with Crippen molar-refractivity contribution >= 4 is 12.4 Å². The molecule has 4 heteroatoms. The van der Waals surface area contributed by atoms with E-state index in [0.717, 1.165) is 31.7 Å². The van der Waals surface area contributed by atoms with Crippen LogP contribution in [-0.4, -0.2) is 30.6 Å². The van der Waals surface area contributed by atoms with Crippen molar-refractivity contribution in [3.8, 4) is 0 Å². The summed E-state index contributed by atoms with van der Waals surface area (Å²) in [7, 11) is 0. The van der Waals surface area contributed by atoms with Gasteiger partial charge in [0.05, 0.1) is 0 Å². The molecule has 2 rings (SSSR count). The van der Waals surface area contributed by atoms with Gasteiger partial charge in [0.15, 0.2) is 0 Å². The third-order valence-corrected chi connectivity index (χ3v) is 2.97. The highest BCUT2D eigenvalue weighted by molar-refractivity contribution is 5.85. The third kappa shape index (κ3) is 3.17. The Hall–Kier alpha value is -0.640. The van der Waals surface area contributed by atoms with Gasteiger partial charge >= 0.3 is 0 Å². The Bertz CT molecular complexity index is 333. The molecule has 1 aliphatic rings. The van der Waals surface area contributed by atoms with Crippen LogP contribution in [0.15, 0.2) is 24.3 Å². The van der Waals surface area contributed by atoms with Gasteiger partial charge in [0.1, 0.15) is 5.82 Å². The number of halogens is 2. The van der Waals surface area contributed by atoms with Crippen molar-refractivity contribution in [3.63, 3.8) is 0 Å². The fraction of sp³-hybridized carbons (Fsp3) is 0.500. The number of nitrogens with zero attached hydrogens (tertiary/aromatic N) is 1. The molecule has 0 saturated carbocycles. The standard InChI is InChI=1S/C12H17FN2.ClH/c1-10-8-14-6-7-15(10)9-11-4-2-3-5-12(11)13;/h2-5,10,14H,6-9H2,1H3;1H. The summed E-state index contributed by atoms with van der Waals surface area (Å²) in [6.45, 7) is 5.88. The molecule has 1 atom stereocenters. The minimum atomic E-state index is -0.0942. The van der Waals surface area contributed by atoms with Crippen LogP contribution in [0.1, 0.15) is 12.5 Å². The van der Waals surface area contributed by atoms with E-state index in [0.29, 0.717) is 6.04 Å². The first-order valence-corrected chi connectivity index (χ1v) is 5.45. The molecular formula is C12H18ClFN2. The summed E-state index contributed by atoms with van der Waals surface area (Å²) >= 11 is 0. The molecule has 0 amide bonds. The van der Waals surface area contributed by atoms with Gasteiger partial charge in [-0.3, -0.25) is 4.90 Å². The van der Waals surface area contributed by atoms with Crippen LogP contribution < -0.4 is 5.32 Å². The molecule has 1 saturated heterocycles. The van der Waals surface area contributed by atoms with E-state index < -0.39 is 0 Å². The maximum atomic E-state index is 13.4.